The predicted octanol–water partition coefficient (Wildman–Crippen LogP) is 5.91. The standard InChI is InChI=1S/C27H27FO2/c1-18-3-5-19(6-4-18)7-8-22-10-12-26(28)25-11-9-23(27(22)25)14-20-13-21(17-29)16-24(15-20)30-2/h3-6,10,12-16,29H,7-9,11,17H2,1-2H3/b23-14+. The van der Waals surface area contributed by atoms with Crippen molar-refractivity contribution in [2.45, 2.75) is 39.2 Å². The number of benzene rings is 3. The first kappa shape index (κ1) is 20.4. The van der Waals surface area contributed by atoms with E-state index in [0.717, 1.165) is 53.5 Å². The molecule has 0 aliphatic heterocycles. The van der Waals surface area contributed by atoms with Gasteiger partial charge in [0.2, 0.25) is 0 Å². The van der Waals surface area contributed by atoms with Gasteiger partial charge in [0.05, 0.1) is 13.7 Å². The van der Waals surface area contributed by atoms with E-state index >= 15 is 0 Å². The molecule has 30 heavy (non-hydrogen) atoms. The van der Waals surface area contributed by atoms with Crippen LogP contribution >= 0.6 is 0 Å². The fourth-order valence-corrected chi connectivity index (χ4v) is 4.27. The molecule has 0 spiro atoms. The van der Waals surface area contributed by atoms with Crippen molar-refractivity contribution >= 4 is 11.6 Å². The average Bonchev–Trinajstić information content (AvgIpc) is 3.19. The lowest BCUT2D eigenvalue weighted by molar-refractivity contribution is 0.281. The highest BCUT2D eigenvalue weighted by Gasteiger charge is 2.23. The van der Waals surface area contributed by atoms with Crippen molar-refractivity contribution in [3.8, 4) is 5.75 Å². The fourth-order valence-electron chi connectivity index (χ4n) is 4.27. The van der Waals surface area contributed by atoms with E-state index in [2.05, 4.69) is 37.3 Å². The van der Waals surface area contributed by atoms with Gasteiger partial charge in [-0.15, -0.1) is 0 Å². The van der Waals surface area contributed by atoms with Crippen molar-refractivity contribution in [1.29, 1.82) is 0 Å². The second-order valence-corrected chi connectivity index (χ2v) is 7.99. The van der Waals surface area contributed by atoms with E-state index < -0.39 is 0 Å². The minimum absolute atomic E-state index is 0.0413. The van der Waals surface area contributed by atoms with Gasteiger partial charge < -0.3 is 9.84 Å². The first-order valence-corrected chi connectivity index (χ1v) is 10.4. The summed E-state index contributed by atoms with van der Waals surface area (Å²) >= 11 is 0. The van der Waals surface area contributed by atoms with E-state index in [4.69, 9.17) is 4.74 Å². The maximum absolute atomic E-state index is 14.5. The molecular formula is C27H27FO2. The van der Waals surface area contributed by atoms with E-state index in [1.807, 2.05) is 24.3 Å². The first-order chi connectivity index (χ1) is 14.6. The number of hydrogen-bond acceptors (Lipinski definition) is 2. The molecule has 1 N–H and O–H groups in total. The van der Waals surface area contributed by atoms with Gasteiger partial charge in [0.1, 0.15) is 11.6 Å². The van der Waals surface area contributed by atoms with Crippen LogP contribution in [0, 0.1) is 12.7 Å². The Hall–Kier alpha value is -2.91. The molecule has 0 fully saturated rings. The van der Waals surface area contributed by atoms with E-state index in [9.17, 15) is 9.50 Å². The van der Waals surface area contributed by atoms with Crippen molar-refractivity contribution in [1.82, 2.24) is 0 Å². The number of halogens is 1. The van der Waals surface area contributed by atoms with Crippen LogP contribution < -0.4 is 4.74 Å². The van der Waals surface area contributed by atoms with Crippen molar-refractivity contribution in [2.24, 2.45) is 0 Å². The highest BCUT2D eigenvalue weighted by atomic mass is 19.1. The maximum Gasteiger partial charge on any atom is 0.127 e. The zero-order valence-corrected chi connectivity index (χ0v) is 17.5. The largest absolute Gasteiger partial charge is 0.497 e. The summed E-state index contributed by atoms with van der Waals surface area (Å²) in [5.74, 6) is 0.597. The Balaban J connectivity index is 1.68. The number of aryl methyl sites for hydroxylation is 3. The summed E-state index contributed by atoms with van der Waals surface area (Å²) in [6.45, 7) is 2.05. The highest BCUT2D eigenvalue weighted by molar-refractivity contribution is 5.87. The Labute approximate surface area is 177 Å². The molecule has 3 heteroatoms. The molecule has 0 radical (unpaired) electrons. The molecule has 3 aromatic carbocycles. The van der Waals surface area contributed by atoms with Crippen LogP contribution in [0.3, 0.4) is 0 Å². The van der Waals surface area contributed by atoms with Gasteiger partial charge >= 0.3 is 0 Å². The molecule has 3 aromatic rings. The van der Waals surface area contributed by atoms with Crippen LogP contribution in [0.25, 0.3) is 11.6 Å². The molecule has 154 valence electrons. The average molecular weight is 403 g/mol. The Kier molecular flexibility index (Phi) is 6.01. The van der Waals surface area contributed by atoms with Crippen LogP contribution in [0.4, 0.5) is 4.39 Å². The number of fused-ring (bicyclic) bond motifs is 1. The van der Waals surface area contributed by atoms with Gasteiger partial charge in [-0.3, -0.25) is 0 Å². The van der Waals surface area contributed by atoms with Gasteiger partial charge in [0, 0.05) is 0 Å². The summed E-state index contributed by atoms with van der Waals surface area (Å²) < 4.78 is 19.9. The van der Waals surface area contributed by atoms with Crippen molar-refractivity contribution < 1.29 is 14.2 Å². The third-order valence-electron chi connectivity index (χ3n) is 5.86. The molecular weight excluding hydrogens is 375 g/mol. The summed E-state index contributed by atoms with van der Waals surface area (Å²) in [7, 11) is 1.62. The quantitative estimate of drug-likeness (QED) is 0.556. The van der Waals surface area contributed by atoms with E-state index in [0.29, 0.717) is 5.75 Å². The second kappa shape index (κ2) is 8.85. The predicted molar refractivity (Wildman–Crippen MR) is 120 cm³/mol. The summed E-state index contributed by atoms with van der Waals surface area (Å²) in [6, 6.07) is 17.9. The summed E-state index contributed by atoms with van der Waals surface area (Å²) in [5, 5.41) is 9.55. The number of allylic oxidation sites excluding steroid dienone is 1. The van der Waals surface area contributed by atoms with Gasteiger partial charge in [-0.2, -0.15) is 0 Å². The number of aliphatic hydroxyl groups excluding tert-OH is 1. The molecule has 1 aliphatic carbocycles. The van der Waals surface area contributed by atoms with Gasteiger partial charge in [-0.05, 0) is 95.8 Å². The first-order valence-electron chi connectivity index (χ1n) is 10.4. The maximum atomic E-state index is 14.5. The highest BCUT2D eigenvalue weighted by Crippen LogP contribution is 2.38. The van der Waals surface area contributed by atoms with Crippen LogP contribution in [0.1, 0.15) is 45.4 Å². The topological polar surface area (TPSA) is 29.5 Å². The zero-order chi connectivity index (χ0) is 21.1. The number of methoxy groups -OCH3 is 1. The van der Waals surface area contributed by atoms with Crippen LogP contribution in [0.2, 0.25) is 0 Å². The molecule has 0 aromatic heterocycles. The molecule has 0 unspecified atom stereocenters. The Morgan fingerprint density at radius 2 is 1.77 bits per heavy atom. The molecule has 0 amide bonds. The lowest BCUT2D eigenvalue weighted by Crippen LogP contribution is -1.99. The molecule has 0 saturated carbocycles. The van der Waals surface area contributed by atoms with Crippen LogP contribution in [0.15, 0.2) is 54.6 Å². The van der Waals surface area contributed by atoms with E-state index in [-0.39, 0.29) is 12.4 Å². The Morgan fingerprint density at radius 3 is 2.50 bits per heavy atom. The van der Waals surface area contributed by atoms with Crippen molar-refractivity contribution in [2.75, 3.05) is 7.11 Å². The van der Waals surface area contributed by atoms with Gasteiger partial charge in [0.25, 0.3) is 0 Å². The minimum Gasteiger partial charge on any atom is -0.497 e. The molecule has 0 saturated heterocycles. The SMILES string of the molecule is COc1cc(/C=C2\CCc3c(F)ccc(CCc4ccc(C)cc4)c32)cc(CO)c1. The third-order valence-corrected chi connectivity index (χ3v) is 5.86. The molecule has 1 aliphatic rings. The lowest BCUT2D eigenvalue weighted by atomic mass is 9.93. The Bertz CT molecular complexity index is 1060. The molecule has 0 bridgehead atoms. The number of rotatable bonds is 6. The number of aliphatic hydroxyl groups is 1. The zero-order valence-electron chi connectivity index (χ0n) is 17.5. The van der Waals surface area contributed by atoms with Crippen LogP contribution in [-0.4, -0.2) is 12.2 Å². The summed E-state index contributed by atoms with van der Waals surface area (Å²) in [6.07, 6.45) is 5.46. The fraction of sp³-hybridized carbons (Fsp3) is 0.259. The Morgan fingerprint density at radius 1 is 0.967 bits per heavy atom. The number of ether oxygens (including phenoxy) is 1. The minimum atomic E-state index is -0.117. The lowest BCUT2D eigenvalue weighted by Gasteiger charge is -2.12. The van der Waals surface area contributed by atoms with Gasteiger partial charge in [-0.1, -0.05) is 42.0 Å². The van der Waals surface area contributed by atoms with E-state index in [1.54, 1.807) is 13.2 Å². The van der Waals surface area contributed by atoms with Crippen LogP contribution in [0.5, 0.6) is 5.75 Å². The molecule has 4 rings (SSSR count). The summed E-state index contributed by atoms with van der Waals surface area (Å²) in [5.41, 5.74) is 8.56. The number of hydrogen-bond donors (Lipinski definition) is 1. The molecule has 0 atom stereocenters. The molecule has 2 nitrogen and oxygen atoms in total. The third kappa shape index (κ3) is 4.31. The second-order valence-electron chi connectivity index (χ2n) is 7.99. The normalized spacial score (nSPS) is 14.2. The van der Waals surface area contributed by atoms with Crippen LogP contribution in [-0.2, 0) is 25.9 Å². The smallest absolute Gasteiger partial charge is 0.127 e. The van der Waals surface area contributed by atoms with E-state index in [1.165, 1.54) is 16.7 Å². The molecule has 0 heterocycles. The van der Waals surface area contributed by atoms with Gasteiger partial charge in [-0.25, -0.2) is 4.39 Å². The van der Waals surface area contributed by atoms with Crippen molar-refractivity contribution in [3.63, 3.8) is 0 Å². The summed E-state index contributed by atoms with van der Waals surface area (Å²) in [4.78, 5) is 0. The van der Waals surface area contributed by atoms with Crippen molar-refractivity contribution in [3.05, 3.63) is 99.4 Å². The monoisotopic (exact) mass is 402 g/mol. The van der Waals surface area contributed by atoms with Gasteiger partial charge in [0.15, 0.2) is 0 Å².